The van der Waals surface area contributed by atoms with E-state index in [1.807, 2.05) is 17.0 Å². The first kappa shape index (κ1) is 17.4. The molecule has 1 aromatic rings. The van der Waals surface area contributed by atoms with E-state index in [1.54, 1.807) is 12.1 Å². The standard InChI is InChI=1S/C18H26N2O3S/c1-3-14(2)15-6-8-17(9-7-15)24(22,23)20-12-10-19(11-13-20)18(21)16-4-5-16/h6-9,14,16H,3-5,10-13H2,1-2H3/t14-/m1/s1. The van der Waals surface area contributed by atoms with Gasteiger partial charge in [-0.2, -0.15) is 4.31 Å². The third-order valence-corrected chi connectivity index (χ3v) is 7.09. The SMILES string of the molecule is CC[C@@H](C)c1ccc(S(=O)(=O)N2CCN(C(=O)C3CC3)CC2)cc1. The van der Waals surface area contributed by atoms with Crippen molar-refractivity contribution in [3.63, 3.8) is 0 Å². The van der Waals surface area contributed by atoms with E-state index in [9.17, 15) is 13.2 Å². The summed E-state index contributed by atoms with van der Waals surface area (Å²) in [7, 11) is -3.47. The van der Waals surface area contributed by atoms with Crippen LogP contribution in [0, 0.1) is 5.92 Å². The number of piperazine rings is 1. The van der Waals surface area contributed by atoms with Gasteiger partial charge in [-0.15, -0.1) is 0 Å². The summed E-state index contributed by atoms with van der Waals surface area (Å²) in [5.74, 6) is 0.824. The van der Waals surface area contributed by atoms with Crippen molar-refractivity contribution in [3.05, 3.63) is 29.8 Å². The normalized spacial score (nSPS) is 20.8. The zero-order valence-electron chi connectivity index (χ0n) is 14.4. The fourth-order valence-corrected chi connectivity index (χ4v) is 4.51. The third kappa shape index (κ3) is 3.49. The molecule has 0 bridgehead atoms. The van der Waals surface area contributed by atoms with Gasteiger partial charge in [0.05, 0.1) is 4.90 Å². The fourth-order valence-electron chi connectivity index (χ4n) is 3.09. The van der Waals surface area contributed by atoms with Gasteiger partial charge >= 0.3 is 0 Å². The predicted molar refractivity (Wildman–Crippen MR) is 93.2 cm³/mol. The quantitative estimate of drug-likeness (QED) is 0.819. The molecule has 1 aliphatic carbocycles. The van der Waals surface area contributed by atoms with Crippen LogP contribution < -0.4 is 0 Å². The van der Waals surface area contributed by atoms with Crippen molar-refractivity contribution in [2.45, 2.75) is 43.9 Å². The van der Waals surface area contributed by atoms with Crippen LogP contribution in [-0.4, -0.2) is 49.7 Å². The number of nitrogens with zero attached hydrogens (tertiary/aromatic N) is 2. The second-order valence-electron chi connectivity index (χ2n) is 6.88. The van der Waals surface area contributed by atoms with Crippen LogP contribution in [-0.2, 0) is 14.8 Å². The monoisotopic (exact) mass is 350 g/mol. The Morgan fingerprint density at radius 2 is 1.71 bits per heavy atom. The number of sulfonamides is 1. The Bertz CT molecular complexity index is 687. The largest absolute Gasteiger partial charge is 0.340 e. The minimum Gasteiger partial charge on any atom is -0.340 e. The van der Waals surface area contributed by atoms with E-state index < -0.39 is 10.0 Å². The number of hydrogen-bond donors (Lipinski definition) is 0. The van der Waals surface area contributed by atoms with E-state index in [0.29, 0.717) is 37.0 Å². The smallest absolute Gasteiger partial charge is 0.243 e. The Kier molecular flexibility index (Phi) is 4.97. The minimum atomic E-state index is -3.47. The Morgan fingerprint density at radius 3 is 2.21 bits per heavy atom. The maximum absolute atomic E-state index is 12.8. The summed E-state index contributed by atoms with van der Waals surface area (Å²) < 4.78 is 27.1. The first-order valence-corrected chi connectivity index (χ1v) is 10.3. The highest BCUT2D eigenvalue weighted by Gasteiger charge is 2.36. The molecular weight excluding hydrogens is 324 g/mol. The molecule has 1 amide bonds. The maximum atomic E-state index is 12.8. The van der Waals surface area contributed by atoms with Crippen molar-refractivity contribution in [2.75, 3.05) is 26.2 Å². The molecule has 6 heteroatoms. The molecule has 1 saturated heterocycles. The van der Waals surface area contributed by atoms with Gasteiger partial charge in [0.15, 0.2) is 0 Å². The fraction of sp³-hybridized carbons (Fsp3) is 0.611. The lowest BCUT2D eigenvalue weighted by Crippen LogP contribution is -2.50. The molecule has 2 aliphatic rings. The number of carbonyl (C=O) groups is 1. The van der Waals surface area contributed by atoms with Gasteiger partial charge in [-0.05, 0) is 42.9 Å². The zero-order chi connectivity index (χ0) is 17.3. The van der Waals surface area contributed by atoms with E-state index in [-0.39, 0.29) is 11.8 Å². The van der Waals surface area contributed by atoms with Crippen molar-refractivity contribution >= 4 is 15.9 Å². The molecule has 2 fully saturated rings. The van der Waals surface area contributed by atoms with Gasteiger partial charge in [-0.25, -0.2) is 8.42 Å². The minimum absolute atomic E-state index is 0.196. The highest BCUT2D eigenvalue weighted by Crippen LogP contribution is 2.31. The molecule has 0 aromatic heterocycles. The van der Waals surface area contributed by atoms with Crippen LogP contribution in [0.4, 0.5) is 0 Å². The number of amides is 1. The zero-order valence-corrected chi connectivity index (χ0v) is 15.3. The van der Waals surface area contributed by atoms with E-state index in [4.69, 9.17) is 0 Å². The second kappa shape index (κ2) is 6.84. The molecule has 132 valence electrons. The summed E-state index contributed by atoms with van der Waals surface area (Å²) in [5.41, 5.74) is 1.16. The van der Waals surface area contributed by atoms with E-state index >= 15 is 0 Å². The molecule has 5 nitrogen and oxygen atoms in total. The van der Waals surface area contributed by atoms with Crippen molar-refractivity contribution in [2.24, 2.45) is 5.92 Å². The molecule has 24 heavy (non-hydrogen) atoms. The lowest BCUT2D eigenvalue weighted by Gasteiger charge is -2.34. The van der Waals surface area contributed by atoms with Crippen LogP contribution in [0.2, 0.25) is 0 Å². The number of carbonyl (C=O) groups excluding carboxylic acids is 1. The van der Waals surface area contributed by atoms with Gasteiger partial charge in [0.1, 0.15) is 0 Å². The Labute approximate surface area is 144 Å². The van der Waals surface area contributed by atoms with Crippen LogP contribution in [0.25, 0.3) is 0 Å². The Balaban J connectivity index is 1.66. The van der Waals surface area contributed by atoms with Gasteiger partial charge in [-0.3, -0.25) is 4.79 Å². The lowest BCUT2D eigenvalue weighted by atomic mass is 9.99. The van der Waals surface area contributed by atoms with E-state index in [1.165, 1.54) is 4.31 Å². The molecule has 3 rings (SSSR count). The van der Waals surface area contributed by atoms with Gasteiger partial charge in [-0.1, -0.05) is 26.0 Å². The van der Waals surface area contributed by atoms with Crippen LogP contribution in [0.15, 0.2) is 29.2 Å². The molecule has 1 saturated carbocycles. The highest BCUT2D eigenvalue weighted by molar-refractivity contribution is 7.89. The average molecular weight is 350 g/mol. The van der Waals surface area contributed by atoms with Crippen LogP contribution in [0.3, 0.4) is 0 Å². The van der Waals surface area contributed by atoms with Crippen molar-refractivity contribution in [1.29, 1.82) is 0 Å². The summed E-state index contributed by atoms with van der Waals surface area (Å²) in [5, 5.41) is 0. The van der Waals surface area contributed by atoms with Crippen molar-refractivity contribution < 1.29 is 13.2 Å². The first-order chi connectivity index (χ1) is 11.4. The molecule has 1 aromatic carbocycles. The predicted octanol–water partition coefficient (Wildman–Crippen LogP) is 2.44. The molecule has 0 N–H and O–H groups in total. The topological polar surface area (TPSA) is 57.7 Å². The van der Waals surface area contributed by atoms with E-state index in [2.05, 4.69) is 13.8 Å². The third-order valence-electron chi connectivity index (χ3n) is 5.18. The van der Waals surface area contributed by atoms with Gasteiger partial charge < -0.3 is 4.90 Å². The summed E-state index contributed by atoms with van der Waals surface area (Å²) in [6.45, 7) is 6.03. The van der Waals surface area contributed by atoms with Gasteiger partial charge in [0, 0.05) is 32.1 Å². The second-order valence-corrected chi connectivity index (χ2v) is 8.82. The average Bonchev–Trinajstić information content (AvgIpc) is 3.45. The molecule has 0 unspecified atom stereocenters. The van der Waals surface area contributed by atoms with Crippen molar-refractivity contribution in [3.8, 4) is 0 Å². The van der Waals surface area contributed by atoms with Crippen molar-refractivity contribution in [1.82, 2.24) is 9.21 Å². The molecule has 0 spiro atoms. The Morgan fingerprint density at radius 1 is 1.12 bits per heavy atom. The summed E-state index contributed by atoms with van der Waals surface area (Å²) in [6.07, 6.45) is 3.00. The van der Waals surface area contributed by atoms with Gasteiger partial charge in [0.25, 0.3) is 0 Å². The number of rotatable bonds is 5. The van der Waals surface area contributed by atoms with Crippen LogP contribution in [0.1, 0.15) is 44.6 Å². The molecule has 1 heterocycles. The highest BCUT2D eigenvalue weighted by atomic mass is 32.2. The maximum Gasteiger partial charge on any atom is 0.243 e. The molecule has 1 atom stereocenters. The summed E-state index contributed by atoms with van der Waals surface area (Å²) in [4.78, 5) is 14.2. The van der Waals surface area contributed by atoms with E-state index in [0.717, 1.165) is 24.8 Å². The summed E-state index contributed by atoms with van der Waals surface area (Å²) >= 11 is 0. The van der Waals surface area contributed by atoms with Crippen LogP contribution in [0.5, 0.6) is 0 Å². The van der Waals surface area contributed by atoms with Gasteiger partial charge in [0.2, 0.25) is 15.9 Å². The van der Waals surface area contributed by atoms with Crippen LogP contribution >= 0.6 is 0 Å². The number of benzene rings is 1. The molecule has 1 aliphatic heterocycles. The Hall–Kier alpha value is -1.40. The number of hydrogen-bond acceptors (Lipinski definition) is 3. The molecular formula is C18H26N2O3S. The lowest BCUT2D eigenvalue weighted by molar-refractivity contribution is -0.133. The first-order valence-electron chi connectivity index (χ1n) is 8.82. The molecule has 0 radical (unpaired) electrons. The summed E-state index contributed by atoms with van der Waals surface area (Å²) in [6, 6.07) is 7.24.